The van der Waals surface area contributed by atoms with Gasteiger partial charge >= 0.3 is 0 Å². The summed E-state index contributed by atoms with van der Waals surface area (Å²) in [6, 6.07) is 9.09. The van der Waals surface area contributed by atoms with E-state index in [1.807, 2.05) is 6.92 Å². The van der Waals surface area contributed by atoms with Crippen molar-refractivity contribution >= 4 is 39.4 Å². The zero-order valence-corrected chi connectivity index (χ0v) is 13.7. The minimum absolute atomic E-state index is 0.0512. The van der Waals surface area contributed by atoms with Crippen LogP contribution in [-0.4, -0.2) is 19.7 Å². The molecule has 0 aliphatic carbocycles. The molecule has 0 aliphatic heterocycles. The Bertz CT molecular complexity index is 819. The van der Waals surface area contributed by atoms with Gasteiger partial charge in [-0.05, 0) is 31.2 Å². The first kappa shape index (κ1) is 16.6. The number of aryl methyl sites for hydroxylation is 1. The van der Waals surface area contributed by atoms with Crippen molar-refractivity contribution in [1.29, 1.82) is 0 Å². The van der Waals surface area contributed by atoms with Gasteiger partial charge in [-0.25, -0.2) is 4.83 Å². The normalized spacial score (nSPS) is 11.8. The second-order valence-corrected chi connectivity index (χ2v) is 7.00. The van der Waals surface area contributed by atoms with Gasteiger partial charge in [0, 0.05) is 10.6 Å². The van der Waals surface area contributed by atoms with E-state index in [0.717, 1.165) is 11.8 Å². The molecule has 0 radical (unpaired) electrons. The van der Waals surface area contributed by atoms with Gasteiger partial charge in [0.25, 0.3) is 10.0 Å². The third kappa shape index (κ3) is 3.91. The van der Waals surface area contributed by atoms with Crippen LogP contribution in [0.25, 0.3) is 0 Å². The molecule has 2 aromatic rings. The molecule has 0 unspecified atom stereocenters. The molecule has 2 aromatic carbocycles. The molecule has 0 spiro atoms. The first-order chi connectivity index (χ1) is 10.3. The van der Waals surface area contributed by atoms with Gasteiger partial charge in [0.05, 0.1) is 16.1 Å². The molecule has 0 atom stereocenters. The maximum absolute atomic E-state index is 12.0. The number of phenols is 1. The molecule has 0 bridgehead atoms. The molecule has 22 heavy (non-hydrogen) atoms. The summed E-state index contributed by atoms with van der Waals surface area (Å²) in [7, 11) is -3.78. The lowest BCUT2D eigenvalue weighted by Gasteiger charge is -2.05. The standard InChI is InChI=1S/C14H12Cl2N2O3S/c1-9-2-4-12(5-3-9)22(20,21)18-17-8-10-6-11(15)7-13(16)14(10)19/h2-8,18-19H,1H3/b17-8-. The molecule has 0 aromatic heterocycles. The number of halogens is 2. The zero-order chi connectivity index (χ0) is 16.3. The molecular formula is C14H12Cl2N2O3S. The van der Waals surface area contributed by atoms with Crippen molar-refractivity contribution in [3.05, 3.63) is 57.6 Å². The van der Waals surface area contributed by atoms with E-state index in [1.54, 1.807) is 12.1 Å². The maximum Gasteiger partial charge on any atom is 0.276 e. The highest BCUT2D eigenvalue weighted by molar-refractivity contribution is 7.89. The minimum atomic E-state index is -3.78. The SMILES string of the molecule is Cc1ccc(S(=O)(=O)N/N=C\c2cc(Cl)cc(Cl)c2O)cc1. The van der Waals surface area contributed by atoms with E-state index < -0.39 is 10.0 Å². The van der Waals surface area contributed by atoms with Crippen LogP contribution in [-0.2, 0) is 10.0 Å². The van der Waals surface area contributed by atoms with Gasteiger partial charge in [-0.3, -0.25) is 0 Å². The molecule has 0 saturated carbocycles. The van der Waals surface area contributed by atoms with Crippen LogP contribution in [0.3, 0.4) is 0 Å². The largest absolute Gasteiger partial charge is 0.506 e. The number of nitrogens with zero attached hydrogens (tertiary/aromatic N) is 1. The van der Waals surface area contributed by atoms with E-state index in [2.05, 4.69) is 9.93 Å². The molecular weight excluding hydrogens is 347 g/mol. The Hall–Kier alpha value is -1.76. The first-order valence-corrected chi connectivity index (χ1v) is 8.33. The Morgan fingerprint density at radius 3 is 2.45 bits per heavy atom. The summed E-state index contributed by atoms with van der Waals surface area (Å²) in [6.45, 7) is 1.85. The summed E-state index contributed by atoms with van der Waals surface area (Å²) in [5.74, 6) is -0.232. The van der Waals surface area contributed by atoms with Crippen LogP contribution in [0.5, 0.6) is 5.75 Å². The predicted octanol–water partition coefficient (Wildman–Crippen LogP) is 3.32. The third-order valence-electron chi connectivity index (χ3n) is 2.77. The Balaban J connectivity index is 2.20. The second kappa shape index (κ2) is 6.56. The van der Waals surface area contributed by atoms with Gasteiger partial charge in [-0.15, -0.1) is 0 Å². The van der Waals surface area contributed by atoms with Crippen molar-refractivity contribution in [3.63, 3.8) is 0 Å². The smallest absolute Gasteiger partial charge is 0.276 e. The fraction of sp³-hybridized carbons (Fsp3) is 0.0714. The summed E-state index contributed by atoms with van der Waals surface area (Å²) in [4.78, 5) is 2.14. The highest BCUT2D eigenvalue weighted by Gasteiger charge is 2.12. The second-order valence-electron chi connectivity index (χ2n) is 4.49. The fourth-order valence-corrected chi connectivity index (χ4v) is 2.92. The molecule has 0 fully saturated rings. The lowest BCUT2D eigenvalue weighted by molar-refractivity contribution is 0.474. The lowest BCUT2D eigenvalue weighted by atomic mass is 10.2. The predicted molar refractivity (Wildman–Crippen MR) is 87.2 cm³/mol. The van der Waals surface area contributed by atoms with Crippen LogP contribution in [0.4, 0.5) is 0 Å². The van der Waals surface area contributed by atoms with E-state index >= 15 is 0 Å². The average molecular weight is 359 g/mol. The topological polar surface area (TPSA) is 78.8 Å². The quantitative estimate of drug-likeness (QED) is 0.649. The molecule has 0 heterocycles. The van der Waals surface area contributed by atoms with Crippen molar-refractivity contribution in [2.75, 3.05) is 0 Å². The van der Waals surface area contributed by atoms with E-state index in [9.17, 15) is 13.5 Å². The van der Waals surface area contributed by atoms with Crippen LogP contribution >= 0.6 is 23.2 Å². The minimum Gasteiger partial charge on any atom is -0.506 e. The van der Waals surface area contributed by atoms with Crippen molar-refractivity contribution in [2.45, 2.75) is 11.8 Å². The van der Waals surface area contributed by atoms with Crippen molar-refractivity contribution < 1.29 is 13.5 Å². The van der Waals surface area contributed by atoms with Crippen molar-refractivity contribution in [1.82, 2.24) is 4.83 Å². The third-order valence-corrected chi connectivity index (χ3v) is 4.51. The molecule has 0 aliphatic rings. The number of hydrogen-bond acceptors (Lipinski definition) is 4. The Kier molecular flexibility index (Phi) is 4.95. The number of hydrazone groups is 1. The van der Waals surface area contributed by atoms with E-state index in [-0.39, 0.29) is 21.2 Å². The molecule has 2 rings (SSSR count). The van der Waals surface area contributed by atoms with Crippen molar-refractivity contribution in [3.8, 4) is 5.75 Å². The fourth-order valence-electron chi connectivity index (χ4n) is 1.62. The summed E-state index contributed by atoms with van der Waals surface area (Å²) in [6.07, 6.45) is 1.12. The van der Waals surface area contributed by atoms with Gasteiger partial charge in [0.15, 0.2) is 0 Å². The maximum atomic E-state index is 12.0. The molecule has 116 valence electrons. The summed E-state index contributed by atoms with van der Waals surface area (Å²) in [5.41, 5.74) is 1.14. The van der Waals surface area contributed by atoms with Crippen LogP contribution in [0.2, 0.25) is 10.0 Å². The number of aromatic hydroxyl groups is 1. The summed E-state index contributed by atoms with van der Waals surface area (Å²) in [5, 5.41) is 13.7. The zero-order valence-electron chi connectivity index (χ0n) is 11.4. The molecule has 8 heteroatoms. The highest BCUT2D eigenvalue weighted by Crippen LogP contribution is 2.29. The van der Waals surface area contributed by atoms with Gasteiger partial charge in [-0.1, -0.05) is 40.9 Å². The summed E-state index contributed by atoms with van der Waals surface area (Å²) < 4.78 is 24.0. The Labute approximate surface area is 138 Å². The van der Waals surface area contributed by atoms with Crippen LogP contribution in [0.15, 0.2) is 46.4 Å². The van der Waals surface area contributed by atoms with Crippen LogP contribution in [0.1, 0.15) is 11.1 Å². The number of nitrogens with one attached hydrogen (secondary N) is 1. The Morgan fingerprint density at radius 1 is 1.18 bits per heavy atom. The van der Waals surface area contributed by atoms with E-state index in [4.69, 9.17) is 23.2 Å². The lowest BCUT2D eigenvalue weighted by Crippen LogP contribution is -2.18. The van der Waals surface area contributed by atoms with Gasteiger partial charge in [-0.2, -0.15) is 13.5 Å². The summed E-state index contributed by atoms with van der Waals surface area (Å²) >= 11 is 11.6. The first-order valence-electron chi connectivity index (χ1n) is 6.09. The average Bonchev–Trinajstić information content (AvgIpc) is 2.44. The number of benzene rings is 2. The van der Waals surface area contributed by atoms with E-state index in [0.29, 0.717) is 5.02 Å². The molecule has 2 N–H and O–H groups in total. The van der Waals surface area contributed by atoms with Gasteiger partial charge in [0.1, 0.15) is 5.75 Å². The number of hydrogen-bond donors (Lipinski definition) is 2. The number of phenolic OH excluding ortho intramolecular Hbond substituents is 1. The van der Waals surface area contributed by atoms with Gasteiger partial charge in [0.2, 0.25) is 0 Å². The molecule has 0 saturated heterocycles. The van der Waals surface area contributed by atoms with E-state index in [1.165, 1.54) is 24.3 Å². The van der Waals surface area contributed by atoms with Crippen molar-refractivity contribution in [2.24, 2.45) is 5.10 Å². The monoisotopic (exact) mass is 358 g/mol. The molecule has 5 nitrogen and oxygen atoms in total. The molecule has 0 amide bonds. The Morgan fingerprint density at radius 2 is 1.82 bits per heavy atom. The number of sulfonamides is 1. The van der Waals surface area contributed by atoms with Crippen LogP contribution in [0, 0.1) is 6.92 Å². The van der Waals surface area contributed by atoms with Crippen LogP contribution < -0.4 is 4.83 Å². The van der Waals surface area contributed by atoms with Gasteiger partial charge < -0.3 is 5.11 Å². The highest BCUT2D eigenvalue weighted by atomic mass is 35.5. The number of rotatable bonds is 4.